The van der Waals surface area contributed by atoms with Crippen LogP contribution in [0.5, 0.6) is 0 Å². The maximum Gasteiger partial charge on any atom is 0.413 e. The van der Waals surface area contributed by atoms with Gasteiger partial charge in [0, 0.05) is 24.9 Å². The third-order valence-corrected chi connectivity index (χ3v) is 5.71. The van der Waals surface area contributed by atoms with Gasteiger partial charge >= 0.3 is 12.1 Å². The first kappa shape index (κ1) is 24.1. The predicted octanol–water partition coefficient (Wildman–Crippen LogP) is 3.63. The Morgan fingerprint density at radius 1 is 1.39 bits per heavy atom. The Labute approximate surface area is 189 Å². The van der Waals surface area contributed by atoms with Gasteiger partial charge in [-0.2, -0.15) is 0 Å². The van der Waals surface area contributed by atoms with Gasteiger partial charge in [0.1, 0.15) is 0 Å². The van der Waals surface area contributed by atoms with Crippen LogP contribution in [0.15, 0.2) is 12.1 Å². The molecule has 2 heterocycles. The number of carbonyl (C=O) groups is 2. The van der Waals surface area contributed by atoms with Gasteiger partial charge in [0.25, 0.3) is 5.92 Å². The summed E-state index contributed by atoms with van der Waals surface area (Å²) in [6.45, 7) is 4.17. The number of hydrogen-bond donors (Lipinski definition) is 2. The van der Waals surface area contributed by atoms with Gasteiger partial charge in [-0.15, -0.1) is 5.10 Å². The largest absolute Gasteiger partial charge is 0.481 e. The van der Waals surface area contributed by atoms with E-state index in [1.54, 1.807) is 19.1 Å². The molecule has 1 amide bonds. The number of pyridine rings is 1. The van der Waals surface area contributed by atoms with Gasteiger partial charge in [-0.05, 0) is 38.8 Å². The van der Waals surface area contributed by atoms with Gasteiger partial charge in [0.2, 0.25) is 0 Å². The van der Waals surface area contributed by atoms with E-state index >= 15 is 0 Å². The van der Waals surface area contributed by atoms with E-state index < -0.39 is 36.4 Å². The van der Waals surface area contributed by atoms with E-state index in [2.05, 4.69) is 32.5 Å². The number of halogens is 2. The molecule has 3 atom stereocenters. The second kappa shape index (κ2) is 9.52. The monoisotopic (exact) mass is 461 g/mol. The number of aliphatic carboxylic acids is 1. The minimum atomic E-state index is -3.15. The molecule has 9 nitrogen and oxygen atoms in total. The molecule has 33 heavy (non-hydrogen) atoms. The summed E-state index contributed by atoms with van der Waals surface area (Å²) in [4.78, 5) is 27.8. The van der Waals surface area contributed by atoms with E-state index in [4.69, 9.17) is 9.84 Å². The first-order chi connectivity index (χ1) is 15.5. The van der Waals surface area contributed by atoms with Gasteiger partial charge < -0.3 is 9.84 Å². The van der Waals surface area contributed by atoms with E-state index in [1.165, 1.54) is 18.7 Å². The molecule has 0 radical (unpaired) electrons. The number of ether oxygens (including phenoxy) is 1. The lowest BCUT2D eigenvalue weighted by Gasteiger charge is -2.28. The van der Waals surface area contributed by atoms with Crippen molar-refractivity contribution in [3.05, 3.63) is 23.4 Å². The number of nitrogens with zero attached hydrogens (tertiary/aromatic N) is 4. The lowest BCUT2D eigenvalue weighted by molar-refractivity contribution is -0.146. The molecule has 0 saturated heterocycles. The van der Waals surface area contributed by atoms with Crippen LogP contribution in [0.4, 0.5) is 19.4 Å². The van der Waals surface area contributed by atoms with Crippen LogP contribution in [-0.4, -0.2) is 49.2 Å². The fourth-order valence-corrected chi connectivity index (χ4v) is 3.29. The normalized spacial score (nSPS) is 18.5. The minimum absolute atomic E-state index is 0.136. The van der Waals surface area contributed by atoms with Crippen molar-refractivity contribution in [3.8, 4) is 23.2 Å². The van der Waals surface area contributed by atoms with Crippen LogP contribution < -0.4 is 5.32 Å². The zero-order valence-electron chi connectivity index (χ0n) is 18.7. The highest BCUT2D eigenvalue weighted by Gasteiger charge is 2.37. The van der Waals surface area contributed by atoms with Crippen molar-refractivity contribution in [1.29, 1.82) is 0 Å². The molecule has 0 bridgehead atoms. The van der Waals surface area contributed by atoms with Crippen molar-refractivity contribution in [2.75, 3.05) is 5.32 Å². The molecule has 0 aliphatic heterocycles. The highest BCUT2D eigenvalue weighted by Crippen LogP contribution is 2.34. The first-order valence-corrected chi connectivity index (χ1v) is 10.5. The number of carbonyl (C=O) groups excluding carboxylic acids is 1. The SMILES string of the molecule is CCC(F)(F)[C@@H](C)OC(=O)Nc1c(-c2ccc(C#C[C@@H]3CC[C@H]3C(=O)O)c(C)n2)nnn1C. The molecule has 2 aromatic rings. The summed E-state index contributed by atoms with van der Waals surface area (Å²) >= 11 is 0. The summed E-state index contributed by atoms with van der Waals surface area (Å²) in [6, 6.07) is 3.36. The Kier molecular flexibility index (Phi) is 6.95. The zero-order valence-corrected chi connectivity index (χ0v) is 18.7. The summed E-state index contributed by atoms with van der Waals surface area (Å²) in [6.07, 6.45) is -1.75. The van der Waals surface area contributed by atoms with Crippen LogP contribution in [0.1, 0.15) is 44.4 Å². The average Bonchev–Trinajstić information content (AvgIpc) is 3.07. The number of aromatic nitrogens is 4. The number of aryl methyl sites for hydroxylation is 2. The minimum Gasteiger partial charge on any atom is -0.481 e. The Morgan fingerprint density at radius 3 is 2.70 bits per heavy atom. The van der Waals surface area contributed by atoms with Crippen molar-refractivity contribution >= 4 is 17.9 Å². The van der Waals surface area contributed by atoms with Crippen molar-refractivity contribution in [3.63, 3.8) is 0 Å². The van der Waals surface area contributed by atoms with Crippen LogP contribution in [0.2, 0.25) is 0 Å². The lowest BCUT2D eigenvalue weighted by atomic mass is 9.74. The van der Waals surface area contributed by atoms with Crippen molar-refractivity contribution in [2.45, 2.75) is 52.1 Å². The molecule has 2 aromatic heterocycles. The Morgan fingerprint density at radius 2 is 2.12 bits per heavy atom. The molecule has 0 unspecified atom stereocenters. The topological polar surface area (TPSA) is 119 Å². The van der Waals surface area contributed by atoms with Crippen molar-refractivity contribution < 1.29 is 28.2 Å². The van der Waals surface area contributed by atoms with Gasteiger partial charge in [0.15, 0.2) is 17.6 Å². The second-order valence-corrected chi connectivity index (χ2v) is 7.92. The van der Waals surface area contributed by atoms with Crippen molar-refractivity contribution in [2.24, 2.45) is 18.9 Å². The Hall–Kier alpha value is -3.55. The molecule has 1 saturated carbocycles. The molecule has 2 N–H and O–H groups in total. The molecule has 11 heteroatoms. The molecule has 1 fully saturated rings. The maximum absolute atomic E-state index is 13.7. The molecule has 3 rings (SSSR count). The number of nitrogens with one attached hydrogen (secondary N) is 1. The average molecular weight is 461 g/mol. The quantitative estimate of drug-likeness (QED) is 0.631. The summed E-state index contributed by atoms with van der Waals surface area (Å²) in [5.74, 6) is 1.55. The fourth-order valence-electron chi connectivity index (χ4n) is 3.29. The Bertz CT molecular complexity index is 1120. The molecule has 1 aliphatic rings. The molecule has 176 valence electrons. The van der Waals surface area contributed by atoms with Gasteiger partial charge in [-0.25, -0.2) is 23.2 Å². The number of carboxylic acids is 1. The molecule has 1 aliphatic carbocycles. The second-order valence-electron chi connectivity index (χ2n) is 7.92. The third kappa shape index (κ3) is 5.27. The number of anilines is 1. The molecule has 0 aromatic carbocycles. The van der Waals surface area contributed by atoms with E-state index in [-0.39, 0.29) is 17.4 Å². The summed E-state index contributed by atoms with van der Waals surface area (Å²) < 4.78 is 33.5. The van der Waals surface area contributed by atoms with Crippen LogP contribution in [0.3, 0.4) is 0 Å². The maximum atomic E-state index is 13.7. The van der Waals surface area contributed by atoms with Crippen LogP contribution >= 0.6 is 0 Å². The predicted molar refractivity (Wildman–Crippen MR) is 115 cm³/mol. The number of carboxylic acid groups (broad SMARTS) is 1. The number of rotatable bonds is 6. The van der Waals surface area contributed by atoms with Crippen LogP contribution in [0.25, 0.3) is 11.4 Å². The molecular formula is C22H25F2N5O4. The summed E-state index contributed by atoms with van der Waals surface area (Å²) in [7, 11) is 1.53. The number of amides is 1. The fraction of sp³-hybridized carbons (Fsp3) is 0.500. The molecular weight excluding hydrogens is 436 g/mol. The van der Waals surface area contributed by atoms with Gasteiger partial charge in [-0.1, -0.05) is 24.0 Å². The highest BCUT2D eigenvalue weighted by atomic mass is 19.3. The smallest absolute Gasteiger partial charge is 0.413 e. The summed E-state index contributed by atoms with van der Waals surface area (Å²) in [5, 5.41) is 19.4. The van der Waals surface area contributed by atoms with Crippen LogP contribution in [-0.2, 0) is 16.6 Å². The summed E-state index contributed by atoms with van der Waals surface area (Å²) in [5.41, 5.74) is 1.85. The zero-order chi connectivity index (χ0) is 24.3. The van der Waals surface area contributed by atoms with Gasteiger partial charge in [0.05, 0.1) is 17.3 Å². The number of alkyl halides is 2. The van der Waals surface area contributed by atoms with E-state index in [1.807, 2.05) is 0 Å². The van der Waals surface area contributed by atoms with Crippen molar-refractivity contribution in [1.82, 2.24) is 20.0 Å². The van der Waals surface area contributed by atoms with E-state index in [0.717, 1.165) is 13.3 Å². The van der Waals surface area contributed by atoms with Gasteiger partial charge in [-0.3, -0.25) is 10.1 Å². The van der Waals surface area contributed by atoms with E-state index in [9.17, 15) is 18.4 Å². The third-order valence-electron chi connectivity index (χ3n) is 5.71. The van der Waals surface area contributed by atoms with E-state index in [0.29, 0.717) is 23.4 Å². The first-order valence-electron chi connectivity index (χ1n) is 10.5. The molecule has 0 spiro atoms. The number of hydrogen-bond acceptors (Lipinski definition) is 6. The van der Waals surface area contributed by atoms with Crippen LogP contribution in [0, 0.1) is 30.6 Å². The Balaban J connectivity index is 1.77. The standard InChI is InChI=1S/C22H25F2N5O4/c1-5-22(23,24)13(3)33-21(32)26-19-18(27-28-29(19)4)17-11-9-14(12(2)25-17)6-7-15-8-10-16(15)20(30)31/h9,11,13,15-16H,5,8,10H2,1-4H3,(H,26,32)(H,30,31)/t13-,15-,16-/m1/s1. The highest BCUT2D eigenvalue weighted by molar-refractivity contribution is 5.88. The lowest BCUT2D eigenvalue weighted by Crippen LogP contribution is -2.36.